The van der Waals surface area contributed by atoms with Gasteiger partial charge in [-0.15, -0.1) is 0 Å². The van der Waals surface area contributed by atoms with Gasteiger partial charge < -0.3 is 0 Å². The lowest BCUT2D eigenvalue weighted by molar-refractivity contribution is 0.246. The number of hydrogen-bond acceptors (Lipinski definition) is 3. The van der Waals surface area contributed by atoms with E-state index in [0.29, 0.717) is 0 Å². The van der Waals surface area contributed by atoms with Crippen LogP contribution in [0.15, 0.2) is 43.0 Å². The third kappa shape index (κ3) is 1.85. The van der Waals surface area contributed by atoms with Crippen molar-refractivity contribution in [1.82, 2.24) is 14.8 Å². The first-order valence-corrected chi connectivity index (χ1v) is 4.47. The monoisotopic (exact) mass is 202 g/mol. The van der Waals surface area contributed by atoms with E-state index in [1.54, 1.807) is 7.05 Å². The van der Waals surface area contributed by atoms with Crippen molar-refractivity contribution in [2.24, 2.45) is 0 Å². The molecule has 15 heavy (non-hydrogen) atoms. The summed E-state index contributed by atoms with van der Waals surface area (Å²) in [4.78, 5) is 17.0. The summed E-state index contributed by atoms with van der Waals surface area (Å²) in [6.45, 7) is 0. The molecular formula is C10H10N4O. The minimum atomic E-state index is -0.237. The standard InChI is InChI=1S/C10H10N4O/c1-13(9-5-3-2-4-6-9)10(15)14-8-11-7-12-14/h2-8H,1H3. The highest BCUT2D eigenvalue weighted by atomic mass is 16.2. The van der Waals surface area contributed by atoms with E-state index in [9.17, 15) is 4.79 Å². The van der Waals surface area contributed by atoms with E-state index in [1.807, 2.05) is 30.3 Å². The first-order chi connectivity index (χ1) is 7.29. The van der Waals surface area contributed by atoms with Crippen molar-refractivity contribution in [2.45, 2.75) is 0 Å². The fourth-order valence-corrected chi connectivity index (χ4v) is 1.22. The van der Waals surface area contributed by atoms with E-state index in [1.165, 1.54) is 22.2 Å². The zero-order valence-electron chi connectivity index (χ0n) is 8.24. The smallest absolute Gasteiger partial charge is 0.296 e. The number of anilines is 1. The lowest BCUT2D eigenvalue weighted by atomic mass is 10.3. The van der Waals surface area contributed by atoms with Crippen LogP contribution in [0.2, 0.25) is 0 Å². The van der Waals surface area contributed by atoms with Gasteiger partial charge in [0.15, 0.2) is 0 Å². The fraction of sp³-hybridized carbons (Fsp3) is 0.100. The van der Waals surface area contributed by atoms with E-state index in [-0.39, 0.29) is 6.03 Å². The molecule has 0 saturated heterocycles. The van der Waals surface area contributed by atoms with Gasteiger partial charge in [0.1, 0.15) is 12.7 Å². The number of hydrogen-bond donors (Lipinski definition) is 0. The van der Waals surface area contributed by atoms with Crippen LogP contribution in [-0.4, -0.2) is 27.8 Å². The zero-order chi connectivity index (χ0) is 10.7. The van der Waals surface area contributed by atoms with Gasteiger partial charge in [-0.25, -0.2) is 9.78 Å². The average Bonchev–Trinajstić information content (AvgIpc) is 2.82. The van der Waals surface area contributed by atoms with E-state index in [2.05, 4.69) is 10.1 Å². The second-order valence-electron chi connectivity index (χ2n) is 3.02. The van der Waals surface area contributed by atoms with Gasteiger partial charge in [0.2, 0.25) is 0 Å². The van der Waals surface area contributed by atoms with Crippen LogP contribution < -0.4 is 4.90 Å². The number of para-hydroxylation sites is 1. The maximum atomic E-state index is 11.8. The second-order valence-corrected chi connectivity index (χ2v) is 3.02. The Morgan fingerprint density at radius 2 is 2.07 bits per heavy atom. The number of nitrogens with zero attached hydrogens (tertiary/aromatic N) is 4. The highest BCUT2D eigenvalue weighted by Gasteiger charge is 2.12. The molecule has 0 aliphatic heterocycles. The van der Waals surface area contributed by atoms with Gasteiger partial charge >= 0.3 is 6.03 Å². The van der Waals surface area contributed by atoms with Gasteiger partial charge in [-0.3, -0.25) is 4.90 Å². The Morgan fingerprint density at radius 3 is 2.67 bits per heavy atom. The van der Waals surface area contributed by atoms with Crippen LogP contribution in [0.25, 0.3) is 0 Å². The van der Waals surface area contributed by atoms with Crippen LogP contribution in [0.4, 0.5) is 10.5 Å². The van der Waals surface area contributed by atoms with Gasteiger partial charge in [0, 0.05) is 12.7 Å². The average molecular weight is 202 g/mol. The number of rotatable bonds is 1. The van der Waals surface area contributed by atoms with Crippen molar-refractivity contribution in [1.29, 1.82) is 0 Å². The minimum Gasteiger partial charge on any atom is -0.296 e. The normalized spacial score (nSPS) is 9.93. The molecule has 0 N–H and O–H groups in total. The molecule has 0 radical (unpaired) electrons. The molecule has 0 saturated carbocycles. The largest absolute Gasteiger partial charge is 0.350 e. The Kier molecular flexibility index (Phi) is 2.45. The number of carbonyl (C=O) groups excluding carboxylic acids is 1. The Bertz CT molecular complexity index is 438. The van der Waals surface area contributed by atoms with E-state index in [0.717, 1.165) is 5.69 Å². The Balaban J connectivity index is 2.23. The van der Waals surface area contributed by atoms with Crippen molar-refractivity contribution < 1.29 is 4.79 Å². The highest BCUT2D eigenvalue weighted by molar-refractivity contribution is 5.92. The zero-order valence-corrected chi connectivity index (χ0v) is 8.24. The molecule has 1 aromatic carbocycles. The van der Waals surface area contributed by atoms with Crippen LogP contribution >= 0.6 is 0 Å². The molecule has 0 atom stereocenters. The molecule has 76 valence electrons. The maximum absolute atomic E-state index is 11.8. The highest BCUT2D eigenvalue weighted by Crippen LogP contribution is 2.11. The Morgan fingerprint density at radius 1 is 1.33 bits per heavy atom. The van der Waals surface area contributed by atoms with Crippen molar-refractivity contribution in [2.75, 3.05) is 11.9 Å². The quantitative estimate of drug-likeness (QED) is 0.702. The second kappa shape index (κ2) is 3.91. The predicted molar refractivity (Wildman–Crippen MR) is 55.7 cm³/mol. The lowest BCUT2D eigenvalue weighted by Crippen LogP contribution is -2.31. The van der Waals surface area contributed by atoms with Crippen molar-refractivity contribution in [3.05, 3.63) is 43.0 Å². The molecule has 0 spiro atoms. The molecule has 0 bridgehead atoms. The summed E-state index contributed by atoms with van der Waals surface area (Å²) in [5.74, 6) is 0. The topological polar surface area (TPSA) is 51.0 Å². The number of aromatic nitrogens is 3. The van der Waals surface area contributed by atoms with E-state index < -0.39 is 0 Å². The molecule has 0 unspecified atom stereocenters. The van der Waals surface area contributed by atoms with Crippen LogP contribution in [-0.2, 0) is 0 Å². The predicted octanol–water partition coefficient (Wildman–Crippen LogP) is 1.38. The van der Waals surface area contributed by atoms with Crippen LogP contribution in [0.5, 0.6) is 0 Å². The van der Waals surface area contributed by atoms with Crippen LogP contribution in [0.3, 0.4) is 0 Å². The van der Waals surface area contributed by atoms with Crippen molar-refractivity contribution >= 4 is 11.7 Å². The molecule has 5 nitrogen and oxygen atoms in total. The van der Waals surface area contributed by atoms with Gasteiger partial charge in [-0.05, 0) is 12.1 Å². The fourth-order valence-electron chi connectivity index (χ4n) is 1.22. The van der Waals surface area contributed by atoms with E-state index in [4.69, 9.17) is 0 Å². The summed E-state index contributed by atoms with van der Waals surface area (Å²) in [6, 6.07) is 9.13. The number of benzene rings is 1. The molecule has 1 aromatic heterocycles. The molecule has 2 rings (SSSR count). The number of carbonyl (C=O) groups is 1. The van der Waals surface area contributed by atoms with Crippen molar-refractivity contribution in [3.8, 4) is 0 Å². The molecule has 2 aromatic rings. The van der Waals surface area contributed by atoms with Gasteiger partial charge in [0.25, 0.3) is 0 Å². The first-order valence-electron chi connectivity index (χ1n) is 4.47. The third-order valence-corrected chi connectivity index (χ3v) is 2.05. The van der Waals surface area contributed by atoms with E-state index >= 15 is 0 Å². The molecule has 1 heterocycles. The summed E-state index contributed by atoms with van der Waals surface area (Å²) in [5, 5.41) is 3.78. The van der Waals surface area contributed by atoms with Gasteiger partial charge in [-0.2, -0.15) is 9.78 Å². The summed E-state index contributed by atoms with van der Waals surface area (Å²) >= 11 is 0. The molecule has 1 amide bonds. The summed E-state index contributed by atoms with van der Waals surface area (Å²) in [6.07, 6.45) is 2.71. The molecule has 0 aliphatic rings. The minimum absolute atomic E-state index is 0.237. The van der Waals surface area contributed by atoms with Gasteiger partial charge in [-0.1, -0.05) is 18.2 Å². The summed E-state index contributed by atoms with van der Waals surface area (Å²) in [5.41, 5.74) is 0.818. The maximum Gasteiger partial charge on any atom is 0.350 e. The van der Waals surface area contributed by atoms with Crippen LogP contribution in [0.1, 0.15) is 0 Å². The van der Waals surface area contributed by atoms with Crippen LogP contribution in [0, 0.1) is 0 Å². The molecule has 0 fully saturated rings. The molecular weight excluding hydrogens is 192 g/mol. The lowest BCUT2D eigenvalue weighted by Gasteiger charge is -2.15. The van der Waals surface area contributed by atoms with Gasteiger partial charge in [0.05, 0.1) is 0 Å². The third-order valence-electron chi connectivity index (χ3n) is 2.05. The Labute approximate surface area is 87.0 Å². The Hall–Kier alpha value is -2.17. The SMILES string of the molecule is CN(C(=O)n1cncn1)c1ccccc1. The molecule has 5 heteroatoms. The summed E-state index contributed by atoms with van der Waals surface area (Å²) < 4.78 is 1.19. The molecule has 0 aliphatic carbocycles. The van der Waals surface area contributed by atoms with Crippen molar-refractivity contribution in [3.63, 3.8) is 0 Å². The first kappa shape index (κ1) is 9.39. The number of amides is 1. The summed E-state index contributed by atoms with van der Waals surface area (Å²) in [7, 11) is 1.69.